The molecule has 0 fully saturated rings. The van der Waals surface area contributed by atoms with Gasteiger partial charge >= 0.3 is 16.0 Å². The summed E-state index contributed by atoms with van der Waals surface area (Å²) < 4.78 is 10.0. The molecule has 0 aliphatic heterocycles. The fraction of sp³-hybridized carbons (Fsp3) is 0.625. The average molecular weight is 204 g/mol. The zero-order valence-electron chi connectivity index (χ0n) is 8.03. The number of hydrogen-bond acceptors (Lipinski definition) is 4. The smallest absolute Gasteiger partial charge is 0.330 e. The second-order valence-corrected chi connectivity index (χ2v) is 3.18. The highest BCUT2D eigenvalue weighted by Crippen LogP contribution is 2.07. The van der Waals surface area contributed by atoms with Crippen molar-refractivity contribution in [2.45, 2.75) is 32.5 Å². The van der Waals surface area contributed by atoms with Crippen LogP contribution in [-0.4, -0.2) is 33.0 Å². The summed E-state index contributed by atoms with van der Waals surface area (Å²) in [5.41, 5.74) is 0. The van der Waals surface area contributed by atoms with Crippen LogP contribution >= 0.6 is 0 Å². The molecule has 0 aromatic heterocycles. The zero-order chi connectivity index (χ0) is 10.3. The van der Waals surface area contributed by atoms with Gasteiger partial charge in [0.15, 0.2) is 0 Å². The normalized spacial score (nSPS) is 15.6. The summed E-state index contributed by atoms with van der Waals surface area (Å²) in [4.78, 5) is 19.5. The van der Waals surface area contributed by atoms with Gasteiger partial charge in [-0.05, 0) is 13.3 Å². The van der Waals surface area contributed by atoms with E-state index in [0.29, 0.717) is 6.42 Å². The standard InChI is InChI=1S/C8H16O4Si/c1-4-7(6(3)12-13-10)11-8(9)5-2/h5-7,10H,2,4,13H2,1,3H3. The first kappa shape index (κ1) is 12.3. The van der Waals surface area contributed by atoms with Crippen LogP contribution in [0.5, 0.6) is 0 Å². The highest BCUT2D eigenvalue weighted by atomic mass is 28.2. The van der Waals surface area contributed by atoms with Gasteiger partial charge in [-0.1, -0.05) is 13.5 Å². The van der Waals surface area contributed by atoms with Crippen molar-refractivity contribution in [2.24, 2.45) is 0 Å². The molecule has 0 aromatic carbocycles. The lowest BCUT2D eigenvalue weighted by atomic mass is 10.2. The molecule has 0 saturated carbocycles. The van der Waals surface area contributed by atoms with Crippen LogP contribution in [0.1, 0.15) is 20.3 Å². The minimum atomic E-state index is -1.44. The number of carbonyl (C=O) groups excluding carboxylic acids is 1. The first-order chi connectivity index (χ1) is 6.15. The average Bonchev–Trinajstić information content (AvgIpc) is 2.14. The minimum Gasteiger partial charge on any atom is -0.457 e. The number of ether oxygens (including phenoxy) is 1. The Kier molecular flexibility index (Phi) is 6.48. The summed E-state index contributed by atoms with van der Waals surface area (Å²) in [5.74, 6) is -0.457. The third-order valence-electron chi connectivity index (χ3n) is 1.70. The van der Waals surface area contributed by atoms with Gasteiger partial charge in [0.05, 0.1) is 6.10 Å². The maximum atomic E-state index is 10.8. The lowest BCUT2D eigenvalue weighted by molar-refractivity contribution is -0.147. The molecule has 0 aliphatic carbocycles. The molecule has 0 bridgehead atoms. The Morgan fingerprint density at radius 1 is 1.77 bits per heavy atom. The van der Waals surface area contributed by atoms with Crippen LogP contribution in [-0.2, 0) is 14.0 Å². The molecule has 4 nitrogen and oxygen atoms in total. The lowest BCUT2D eigenvalue weighted by Gasteiger charge is -2.21. The van der Waals surface area contributed by atoms with Crippen LogP contribution in [0.4, 0.5) is 0 Å². The molecule has 0 aliphatic rings. The third-order valence-corrected chi connectivity index (χ3v) is 2.37. The van der Waals surface area contributed by atoms with E-state index in [1.54, 1.807) is 6.92 Å². The predicted octanol–water partition coefficient (Wildman–Crippen LogP) is -0.110. The van der Waals surface area contributed by atoms with Crippen molar-refractivity contribution in [3.05, 3.63) is 12.7 Å². The summed E-state index contributed by atoms with van der Waals surface area (Å²) in [5, 5.41) is 0. The zero-order valence-corrected chi connectivity index (χ0v) is 9.44. The van der Waals surface area contributed by atoms with Crippen LogP contribution < -0.4 is 0 Å². The van der Waals surface area contributed by atoms with E-state index in [4.69, 9.17) is 14.0 Å². The molecule has 2 atom stereocenters. The molecule has 13 heavy (non-hydrogen) atoms. The highest BCUT2D eigenvalue weighted by molar-refractivity contribution is 6.15. The SMILES string of the molecule is C=CC(=O)OC(CC)C(C)O[SiH2]O. The van der Waals surface area contributed by atoms with Gasteiger partial charge in [0.25, 0.3) is 0 Å². The predicted molar refractivity (Wildman–Crippen MR) is 51.7 cm³/mol. The van der Waals surface area contributed by atoms with Crippen LogP contribution in [0.25, 0.3) is 0 Å². The van der Waals surface area contributed by atoms with Crippen molar-refractivity contribution in [1.82, 2.24) is 0 Å². The second kappa shape index (κ2) is 6.82. The van der Waals surface area contributed by atoms with Gasteiger partial charge in [-0.15, -0.1) is 0 Å². The molecule has 0 aromatic rings. The van der Waals surface area contributed by atoms with Gasteiger partial charge in [0.1, 0.15) is 6.10 Å². The van der Waals surface area contributed by atoms with Crippen molar-refractivity contribution in [1.29, 1.82) is 0 Å². The fourth-order valence-electron chi connectivity index (χ4n) is 0.933. The van der Waals surface area contributed by atoms with E-state index < -0.39 is 16.0 Å². The van der Waals surface area contributed by atoms with Gasteiger partial charge < -0.3 is 14.0 Å². The topological polar surface area (TPSA) is 55.8 Å². The van der Waals surface area contributed by atoms with Crippen LogP contribution in [0.2, 0.25) is 0 Å². The highest BCUT2D eigenvalue weighted by Gasteiger charge is 2.18. The van der Waals surface area contributed by atoms with Crippen molar-refractivity contribution in [3.8, 4) is 0 Å². The van der Waals surface area contributed by atoms with E-state index >= 15 is 0 Å². The van der Waals surface area contributed by atoms with Gasteiger partial charge in [-0.25, -0.2) is 4.79 Å². The first-order valence-corrected chi connectivity index (χ1v) is 5.42. The van der Waals surface area contributed by atoms with E-state index in [2.05, 4.69) is 6.58 Å². The van der Waals surface area contributed by atoms with E-state index in [1.165, 1.54) is 0 Å². The molecule has 0 radical (unpaired) electrons. The van der Waals surface area contributed by atoms with Crippen LogP contribution in [0, 0.1) is 0 Å². The van der Waals surface area contributed by atoms with Crippen LogP contribution in [0.15, 0.2) is 12.7 Å². The lowest BCUT2D eigenvalue weighted by Crippen LogP contribution is -2.31. The van der Waals surface area contributed by atoms with Crippen molar-refractivity contribution >= 4 is 16.0 Å². The van der Waals surface area contributed by atoms with Gasteiger partial charge in [-0.3, -0.25) is 0 Å². The largest absolute Gasteiger partial charge is 0.457 e. The Labute approximate surface area is 80.6 Å². The van der Waals surface area contributed by atoms with Gasteiger partial charge in [0, 0.05) is 6.08 Å². The Morgan fingerprint density at radius 3 is 2.77 bits per heavy atom. The molecule has 0 rings (SSSR count). The molecule has 76 valence electrons. The van der Waals surface area contributed by atoms with Gasteiger partial charge in [0.2, 0.25) is 0 Å². The van der Waals surface area contributed by atoms with E-state index in [-0.39, 0.29) is 12.2 Å². The van der Waals surface area contributed by atoms with Crippen LogP contribution in [0.3, 0.4) is 0 Å². The summed E-state index contributed by atoms with van der Waals surface area (Å²) in [7, 11) is -1.44. The number of carbonyl (C=O) groups is 1. The number of esters is 1. The van der Waals surface area contributed by atoms with Crippen molar-refractivity contribution in [3.63, 3.8) is 0 Å². The molecule has 0 saturated heterocycles. The fourth-order valence-corrected chi connectivity index (χ4v) is 1.38. The molecule has 1 N–H and O–H groups in total. The molecule has 0 amide bonds. The van der Waals surface area contributed by atoms with Gasteiger partial charge in [-0.2, -0.15) is 0 Å². The summed E-state index contributed by atoms with van der Waals surface area (Å²) in [6, 6.07) is 0. The summed E-state index contributed by atoms with van der Waals surface area (Å²) in [6.45, 7) is 6.96. The van der Waals surface area contributed by atoms with E-state index in [0.717, 1.165) is 6.08 Å². The molecular formula is C8H16O4Si. The van der Waals surface area contributed by atoms with E-state index in [9.17, 15) is 4.79 Å². The molecule has 0 heterocycles. The Bertz CT molecular complexity index is 172. The molecule has 2 unspecified atom stereocenters. The molecule has 0 spiro atoms. The Balaban J connectivity index is 4.00. The maximum Gasteiger partial charge on any atom is 0.330 e. The number of rotatable bonds is 6. The second-order valence-electron chi connectivity index (χ2n) is 2.59. The van der Waals surface area contributed by atoms with Crippen molar-refractivity contribution in [2.75, 3.05) is 0 Å². The molecular weight excluding hydrogens is 188 g/mol. The summed E-state index contributed by atoms with van der Waals surface area (Å²) in [6.07, 6.45) is 1.23. The first-order valence-electron chi connectivity index (χ1n) is 4.21. The number of hydrogen-bond donors (Lipinski definition) is 1. The quantitative estimate of drug-likeness (QED) is 0.373. The third kappa shape index (κ3) is 4.82. The summed E-state index contributed by atoms with van der Waals surface area (Å²) >= 11 is 0. The monoisotopic (exact) mass is 204 g/mol. The molecule has 5 heteroatoms. The van der Waals surface area contributed by atoms with Crippen molar-refractivity contribution < 1.29 is 18.8 Å². The Hall–Kier alpha value is -0.653. The van der Waals surface area contributed by atoms with E-state index in [1.807, 2.05) is 6.92 Å². The maximum absolute atomic E-state index is 10.8. The minimum absolute atomic E-state index is 0.245. The Morgan fingerprint density at radius 2 is 2.38 bits per heavy atom.